The molecular weight excluding hydrogens is 444 g/mol. The first-order valence-corrected chi connectivity index (χ1v) is 10.6. The highest BCUT2D eigenvalue weighted by atomic mass is 32.2. The minimum absolute atomic E-state index is 0.0369. The molecule has 1 rings (SSSR count). The molecule has 0 aliphatic carbocycles. The smallest absolute Gasteiger partial charge is 0.335 e. The van der Waals surface area contributed by atoms with Gasteiger partial charge in [0.15, 0.2) is 5.25 Å². The third-order valence-electron chi connectivity index (χ3n) is 3.58. The lowest BCUT2D eigenvalue weighted by Crippen LogP contribution is -2.36. The van der Waals surface area contributed by atoms with Crippen molar-refractivity contribution in [3.63, 3.8) is 0 Å². The maximum absolute atomic E-state index is 11.7. The van der Waals surface area contributed by atoms with Crippen molar-refractivity contribution in [1.29, 1.82) is 0 Å². The highest BCUT2D eigenvalue weighted by Crippen LogP contribution is 2.19. The summed E-state index contributed by atoms with van der Waals surface area (Å²) in [6, 6.07) is 0. The molecule has 0 aromatic carbocycles. The van der Waals surface area contributed by atoms with Gasteiger partial charge in [-0.25, -0.2) is 4.79 Å². The monoisotopic (exact) mass is 468 g/mol. The summed E-state index contributed by atoms with van der Waals surface area (Å²) in [5, 5.41) is 1.38. The number of ether oxygens (including phenoxy) is 4. The van der Waals surface area contributed by atoms with Crippen molar-refractivity contribution in [3.05, 3.63) is 10.4 Å². The molecule has 0 saturated carbocycles. The summed E-state index contributed by atoms with van der Waals surface area (Å²) < 4.78 is 51.7. The Kier molecular flexibility index (Phi) is 12.6. The predicted octanol–water partition coefficient (Wildman–Crippen LogP) is -0.773. The number of carbonyl (C=O) groups excluding carboxylic acids is 3. The minimum Gasteiger partial charge on any atom is -0.379 e. The Bertz CT molecular complexity index is 754. The van der Waals surface area contributed by atoms with E-state index in [1.54, 1.807) is 0 Å². The van der Waals surface area contributed by atoms with Crippen molar-refractivity contribution in [3.8, 4) is 0 Å². The zero-order chi connectivity index (χ0) is 23.1. The van der Waals surface area contributed by atoms with Crippen LogP contribution >= 0.6 is 0 Å². The van der Waals surface area contributed by atoms with Gasteiger partial charge >= 0.3 is 5.97 Å². The highest BCUT2D eigenvalue weighted by Gasteiger charge is 2.48. The van der Waals surface area contributed by atoms with Crippen LogP contribution in [0, 0.1) is 0 Å². The third kappa shape index (κ3) is 11.0. The number of amides is 2. The summed E-state index contributed by atoms with van der Waals surface area (Å²) in [7, 11) is -4.77. The SMILES string of the molecule is [N-]=[N+]=NCCOCCOCCOCCOCCC(=O)ON1C(=O)CC(S(=O)(=O)O)C1=O. The first-order valence-electron chi connectivity index (χ1n) is 9.13. The molecule has 1 saturated heterocycles. The number of hydroxylamine groups is 2. The second-order valence-corrected chi connectivity index (χ2v) is 7.45. The summed E-state index contributed by atoms with van der Waals surface area (Å²) in [4.78, 5) is 42.1. The number of carbonyl (C=O) groups is 3. The third-order valence-corrected chi connectivity index (χ3v) is 4.67. The van der Waals surface area contributed by atoms with Crippen molar-refractivity contribution >= 4 is 27.9 Å². The molecule has 2 amide bonds. The van der Waals surface area contributed by atoms with Crippen LogP contribution in [0.3, 0.4) is 0 Å². The van der Waals surface area contributed by atoms with Crippen LogP contribution in [0.2, 0.25) is 0 Å². The van der Waals surface area contributed by atoms with Gasteiger partial charge in [0.2, 0.25) is 0 Å². The summed E-state index contributed by atoms with van der Waals surface area (Å²) >= 11 is 0. The van der Waals surface area contributed by atoms with Crippen LogP contribution in [0.25, 0.3) is 10.4 Å². The predicted molar refractivity (Wildman–Crippen MR) is 99.8 cm³/mol. The molecule has 16 heteroatoms. The van der Waals surface area contributed by atoms with Gasteiger partial charge in [-0.05, 0) is 5.53 Å². The molecule has 31 heavy (non-hydrogen) atoms. The topological polar surface area (TPSA) is 204 Å². The summed E-state index contributed by atoms with van der Waals surface area (Å²) in [5.41, 5.74) is 8.07. The van der Waals surface area contributed by atoms with Gasteiger partial charge < -0.3 is 23.8 Å². The number of hydrogen-bond donors (Lipinski definition) is 1. The van der Waals surface area contributed by atoms with E-state index in [2.05, 4.69) is 14.9 Å². The van der Waals surface area contributed by atoms with Gasteiger partial charge in [0.25, 0.3) is 21.9 Å². The fraction of sp³-hybridized carbons (Fsp3) is 0.800. The van der Waals surface area contributed by atoms with E-state index in [0.717, 1.165) is 0 Å². The van der Waals surface area contributed by atoms with Crippen LogP contribution in [0.15, 0.2) is 5.11 Å². The van der Waals surface area contributed by atoms with Gasteiger partial charge in [-0.15, -0.1) is 5.06 Å². The number of hydrogen-bond acceptors (Lipinski definition) is 11. The van der Waals surface area contributed by atoms with Crippen molar-refractivity contribution < 1.29 is 51.1 Å². The van der Waals surface area contributed by atoms with E-state index in [9.17, 15) is 22.8 Å². The molecule has 1 fully saturated rings. The summed E-state index contributed by atoms with van der Waals surface area (Å²) in [6.45, 7) is 2.31. The first-order chi connectivity index (χ1) is 14.8. The van der Waals surface area contributed by atoms with Crippen LogP contribution in [-0.4, -0.2) is 100 Å². The zero-order valence-electron chi connectivity index (χ0n) is 16.6. The second-order valence-electron chi connectivity index (χ2n) is 5.85. The molecule has 176 valence electrons. The fourth-order valence-corrected chi connectivity index (χ4v) is 2.83. The van der Waals surface area contributed by atoms with Crippen LogP contribution in [0.5, 0.6) is 0 Å². The second kappa shape index (κ2) is 14.6. The molecule has 0 aromatic heterocycles. The molecule has 1 aliphatic rings. The maximum atomic E-state index is 11.7. The molecule has 0 spiro atoms. The van der Waals surface area contributed by atoms with Crippen molar-refractivity contribution in [2.45, 2.75) is 18.1 Å². The van der Waals surface area contributed by atoms with E-state index >= 15 is 0 Å². The standard InChI is InChI=1S/C15H24N4O11S/c16-18-17-2-4-27-6-8-29-10-9-28-7-5-26-3-1-14(21)30-19-13(20)11-12(15(19)22)31(23,24)25/h12H,1-11H2,(H,23,24,25). The number of azide groups is 1. The lowest BCUT2D eigenvalue weighted by molar-refractivity contribution is -0.198. The van der Waals surface area contributed by atoms with E-state index in [1.807, 2.05) is 0 Å². The number of imide groups is 1. The van der Waals surface area contributed by atoms with E-state index < -0.39 is 39.6 Å². The van der Waals surface area contributed by atoms with Crippen LogP contribution in [0.4, 0.5) is 0 Å². The Morgan fingerprint density at radius 2 is 1.55 bits per heavy atom. The van der Waals surface area contributed by atoms with Gasteiger partial charge in [0, 0.05) is 11.5 Å². The molecule has 15 nitrogen and oxygen atoms in total. The molecule has 1 atom stereocenters. The lowest BCUT2D eigenvalue weighted by atomic mass is 10.4. The van der Waals surface area contributed by atoms with Crippen molar-refractivity contribution in [2.75, 3.05) is 59.4 Å². The Hall–Kier alpha value is -2.33. The Morgan fingerprint density at radius 1 is 1.03 bits per heavy atom. The molecule has 1 aliphatic heterocycles. The molecular formula is C15H24N4O11S. The van der Waals surface area contributed by atoms with Crippen LogP contribution in [0.1, 0.15) is 12.8 Å². The lowest BCUT2D eigenvalue weighted by Gasteiger charge is -2.13. The molecule has 1 unspecified atom stereocenters. The quantitative estimate of drug-likeness (QED) is 0.0700. The summed E-state index contributed by atoms with van der Waals surface area (Å²) in [5.74, 6) is -3.34. The van der Waals surface area contributed by atoms with Gasteiger partial charge in [-0.3, -0.25) is 14.1 Å². The Labute approximate surface area is 177 Å². The van der Waals surface area contributed by atoms with E-state index in [1.165, 1.54) is 0 Å². The molecule has 0 bridgehead atoms. The molecule has 0 aromatic rings. The van der Waals surface area contributed by atoms with E-state index in [0.29, 0.717) is 33.0 Å². The first kappa shape index (κ1) is 26.7. The number of rotatable bonds is 17. The van der Waals surface area contributed by atoms with Crippen LogP contribution in [-0.2, 0) is 48.3 Å². The average Bonchev–Trinajstić information content (AvgIpc) is 2.99. The maximum Gasteiger partial charge on any atom is 0.335 e. The van der Waals surface area contributed by atoms with Crippen molar-refractivity contribution in [2.24, 2.45) is 5.11 Å². The number of nitrogens with zero attached hydrogens (tertiary/aromatic N) is 4. The minimum atomic E-state index is -4.77. The van der Waals surface area contributed by atoms with Crippen LogP contribution < -0.4 is 0 Å². The fourth-order valence-electron chi connectivity index (χ4n) is 2.13. The van der Waals surface area contributed by atoms with Gasteiger partial charge in [0.1, 0.15) is 0 Å². The van der Waals surface area contributed by atoms with Gasteiger partial charge in [0.05, 0.1) is 65.7 Å². The zero-order valence-corrected chi connectivity index (χ0v) is 17.4. The van der Waals surface area contributed by atoms with E-state index in [4.69, 9.17) is 29.0 Å². The molecule has 1 heterocycles. The molecule has 1 N–H and O–H groups in total. The normalized spacial score (nSPS) is 16.4. The van der Waals surface area contributed by atoms with Gasteiger partial charge in [-0.1, -0.05) is 5.11 Å². The Morgan fingerprint density at radius 3 is 2.03 bits per heavy atom. The van der Waals surface area contributed by atoms with Gasteiger partial charge in [-0.2, -0.15) is 8.42 Å². The average molecular weight is 468 g/mol. The van der Waals surface area contributed by atoms with Crippen molar-refractivity contribution in [1.82, 2.24) is 5.06 Å². The van der Waals surface area contributed by atoms with E-state index in [-0.39, 0.29) is 37.8 Å². The largest absolute Gasteiger partial charge is 0.379 e. The highest BCUT2D eigenvalue weighted by molar-refractivity contribution is 7.87. The molecule has 0 radical (unpaired) electrons. The Balaban J connectivity index is 1.99. The summed E-state index contributed by atoms with van der Waals surface area (Å²) in [6.07, 6.45) is -1.09.